The second kappa shape index (κ2) is 7.77. The van der Waals surface area contributed by atoms with Crippen molar-refractivity contribution in [2.45, 2.75) is 39.8 Å². The fourth-order valence-corrected chi connectivity index (χ4v) is 2.49. The number of nitrogens with one attached hydrogen (secondary N) is 2. The third-order valence-corrected chi connectivity index (χ3v) is 3.86. The predicted molar refractivity (Wildman–Crippen MR) is 92.6 cm³/mol. The van der Waals surface area contributed by atoms with E-state index < -0.39 is 6.04 Å². The Hall–Kier alpha value is -2.63. The molecule has 6 heteroatoms. The lowest BCUT2D eigenvalue weighted by Crippen LogP contribution is -2.49. The van der Waals surface area contributed by atoms with Crippen LogP contribution in [-0.2, 0) is 9.59 Å². The Kier molecular flexibility index (Phi) is 5.73. The van der Waals surface area contributed by atoms with Gasteiger partial charge in [-0.25, -0.2) is 4.98 Å². The molecule has 1 heterocycles. The molecule has 6 nitrogen and oxygen atoms in total. The lowest BCUT2D eigenvalue weighted by Gasteiger charge is -2.23. The number of nitrogens with zero attached hydrogens (tertiary/aromatic N) is 2. The van der Waals surface area contributed by atoms with Gasteiger partial charge in [0, 0.05) is 25.0 Å². The zero-order valence-corrected chi connectivity index (χ0v) is 14.5. The Labute approximate surface area is 142 Å². The molecule has 0 saturated carbocycles. The summed E-state index contributed by atoms with van der Waals surface area (Å²) < 4.78 is 1.92. The van der Waals surface area contributed by atoms with Gasteiger partial charge in [-0.1, -0.05) is 26.0 Å². The first-order chi connectivity index (χ1) is 11.4. The highest BCUT2D eigenvalue weighted by atomic mass is 16.2. The van der Waals surface area contributed by atoms with Gasteiger partial charge < -0.3 is 15.2 Å². The van der Waals surface area contributed by atoms with Crippen molar-refractivity contribution in [1.29, 1.82) is 0 Å². The molecule has 2 amide bonds. The molecule has 1 aromatic carbocycles. The summed E-state index contributed by atoms with van der Waals surface area (Å²) in [4.78, 5) is 27.7. The van der Waals surface area contributed by atoms with E-state index in [-0.39, 0.29) is 23.8 Å². The number of carbonyl (C=O) groups excluding carboxylic acids is 2. The summed E-state index contributed by atoms with van der Waals surface area (Å²) in [6.07, 6.45) is 5.34. The lowest BCUT2D eigenvalue weighted by atomic mass is 10.0. The number of benzene rings is 1. The molecular formula is C18H24N4O2. The van der Waals surface area contributed by atoms with E-state index in [1.165, 1.54) is 6.92 Å². The van der Waals surface area contributed by atoms with Crippen molar-refractivity contribution in [3.8, 4) is 5.69 Å². The van der Waals surface area contributed by atoms with Crippen LogP contribution in [0.25, 0.3) is 5.69 Å². The van der Waals surface area contributed by atoms with Gasteiger partial charge in [-0.15, -0.1) is 0 Å². The molecular weight excluding hydrogens is 304 g/mol. The van der Waals surface area contributed by atoms with Crippen molar-refractivity contribution >= 4 is 11.8 Å². The van der Waals surface area contributed by atoms with E-state index in [9.17, 15) is 9.59 Å². The zero-order valence-electron chi connectivity index (χ0n) is 14.5. The van der Waals surface area contributed by atoms with E-state index >= 15 is 0 Å². The quantitative estimate of drug-likeness (QED) is 0.853. The van der Waals surface area contributed by atoms with Crippen LogP contribution in [-0.4, -0.2) is 27.4 Å². The van der Waals surface area contributed by atoms with Crippen LogP contribution in [0.15, 0.2) is 43.0 Å². The van der Waals surface area contributed by atoms with Crippen LogP contribution < -0.4 is 10.6 Å². The molecule has 2 atom stereocenters. The van der Waals surface area contributed by atoms with Crippen LogP contribution in [0.4, 0.5) is 0 Å². The van der Waals surface area contributed by atoms with E-state index in [0.717, 1.165) is 11.3 Å². The van der Waals surface area contributed by atoms with Gasteiger partial charge in [0.15, 0.2) is 0 Å². The average molecular weight is 328 g/mol. The zero-order chi connectivity index (χ0) is 17.7. The Morgan fingerprint density at radius 3 is 2.25 bits per heavy atom. The maximum absolute atomic E-state index is 12.4. The molecule has 0 radical (unpaired) electrons. The molecule has 2 aromatic rings. The molecule has 0 saturated heterocycles. The monoisotopic (exact) mass is 328 g/mol. The molecule has 0 fully saturated rings. The first-order valence-corrected chi connectivity index (χ1v) is 8.04. The van der Waals surface area contributed by atoms with Crippen LogP contribution in [0.3, 0.4) is 0 Å². The lowest BCUT2D eigenvalue weighted by molar-refractivity contribution is -0.129. The highest BCUT2D eigenvalue weighted by molar-refractivity contribution is 5.87. The number of hydrogen-bond acceptors (Lipinski definition) is 3. The number of aromatic nitrogens is 2. The maximum Gasteiger partial charge on any atom is 0.243 e. The van der Waals surface area contributed by atoms with Gasteiger partial charge >= 0.3 is 0 Å². The van der Waals surface area contributed by atoms with Gasteiger partial charge in [-0.05, 0) is 30.5 Å². The summed E-state index contributed by atoms with van der Waals surface area (Å²) in [6.45, 7) is 7.16. The molecule has 2 N–H and O–H groups in total. The molecule has 2 rings (SSSR count). The summed E-state index contributed by atoms with van der Waals surface area (Å²) in [5.74, 6) is -0.364. The summed E-state index contributed by atoms with van der Waals surface area (Å²) >= 11 is 0. The highest BCUT2D eigenvalue weighted by Gasteiger charge is 2.24. The van der Waals surface area contributed by atoms with Crippen LogP contribution in [0, 0.1) is 5.92 Å². The minimum absolute atomic E-state index is 0.0183. The largest absolute Gasteiger partial charge is 0.348 e. The second-order valence-corrected chi connectivity index (χ2v) is 6.21. The van der Waals surface area contributed by atoms with Gasteiger partial charge in [0.2, 0.25) is 11.8 Å². The fraction of sp³-hybridized carbons (Fsp3) is 0.389. The number of rotatable bonds is 6. The van der Waals surface area contributed by atoms with E-state index in [1.54, 1.807) is 12.5 Å². The smallest absolute Gasteiger partial charge is 0.243 e. The molecule has 0 aliphatic rings. The molecule has 24 heavy (non-hydrogen) atoms. The first kappa shape index (κ1) is 17.7. The van der Waals surface area contributed by atoms with Gasteiger partial charge in [0.1, 0.15) is 6.04 Å². The van der Waals surface area contributed by atoms with E-state index in [1.807, 2.05) is 55.8 Å². The highest BCUT2D eigenvalue weighted by Crippen LogP contribution is 2.16. The van der Waals surface area contributed by atoms with Crippen molar-refractivity contribution in [3.05, 3.63) is 48.5 Å². The van der Waals surface area contributed by atoms with Crippen LogP contribution in [0.1, 0.15) is 39.3 Å². The summed E-state index contributed by atoms with van der Waals surface area (Å²) in [6, 6.07) is 7.23. The Morgan fingerprint density at radius 2 is 1.75 bits per heavy atom. The van der Waals surface area contributed by atoms with Crippen molar-refractivity contribution in [1.82, 2.24) is 20.2 Å². The van der Waals surface area contributed by atoms with Gasteiger partial charge in [0.25, 0.3) is 0 Å². The minimum atomic E-state index is -0.532. The molecule has 128 valence electrons. The second-order valence-electron chi connectivity index (χ2n) is 6.21. The van der Waals surface area contributed by atoms with E-state index in [0.29, 0.717) is 0 Å². The number of imidazole rings is 1. The minimum Gasteiger partial charge on any atom is -0.348 e. The third kappa shape index (κ3) is 4.44. The third-order valence-electron chi connectivity index (χ3n) is 3.86. The average Bonchev–Trinajstić information content (AvgIpc) is 3.06. The molecule has 0 aliphatic carbocycles. The Bertz CT molecular complexity index is 678. The Morgan fingerprint density at radius 1 is 1.08 bits per heavy atom. The van der Waals surface area contributed by atoms with Gasteiger partial charge in [0.05, 0.1) is 12.4 Å². The number of hydrogen-bond donors (Lipinski definition) is 2. The summed E-state index contributed by atoms with van der Waals surface area (Å²) in [5.41, 5.74) is 2.01. The van der Waals surface area contributed by atoms with Crippen molar-refractivity contribution in [3.63, 3.8) is 0 Å². The van der Waals surface area contributed by atoms with Crippen LogP contribution in [0.5, 0.6) is 0 Å². The van der Waals surface area contributed by atoms with E-state index in [4.69, 9.17) is 0 Å². The Balaban J connectivity index is 2.04. The topological polar surface area (TPSA) is 76.0 Å². The predicted octanol–water partition coefficient (Wildman–Crippen LogP) is 2.21. The van der Waals surface area contributed by atoms with Crippen LogP contribution >= 0.6 is 0 Å². The maximum atomic E-state index is 12.4. The van der Waals surface area contributed by atoms with Crippen molar-refractivity contribution < 1.29 is 9.59 Å². The molecule has 0 spiro atoms. The van der Waals surface area contributed by atoms with E-state index in [2.05, 4.69) is 15.6 Å². The van der Waals surface area contributed by atoms with Gasteiger partial charge in [-0.2, -0.15) is 0 Å². The number of amides is 2. The molecule has 0 unspecified atom stereocenters. The molecule has 0 bridgehead atoms. The normalized spacial score (nSPS) is 13.4. The summed E-state index contributed by atoms with van der Waals surface area (Å²) in [7, 11) is 0. The van der Waals surface area contributed by atoms with Crippen molar-refractivity contribution in [2.24, 2.45) is 5.92 Å². The SMILES string of the molecule is CC(=O)N[C@@H](C(=O)N[C@H](C)c1ccc(-n2ccnc2)cc1)C(C)C. The summed E-state index contributed by atoms with van der Waals surface area (Å²) in [5, 5.41) is 5.67. The standard InChI is InChI=1S/C18H24N4O2/c1-12(2)17(21-14(4)23)18(24)20-13(3)15-5-7-16(8-6-15)22-10-9-19-11-22/h5-13,17H,1-4H3,(H,20,24)(H,21,23)/t13-,17-/m1/s1. The molecule has 0 aliphatic heterocycles. The van der Waals surface area contributed by atoms with Gasteiger partial charge in [-0.3, -0.25) is 9.59 Å². The van der Waals surface area contributed by atoms with Crippen LogP contribution in [0.2, 0.25) is 0 Å². The number of carbonyl (C=O) groups is 2. The molecule has 1 aromatic heterocycles. The fourth-order valence-electron chi connectivity index (χ4n) is 2.49. The first-order valence-electron chi connectivity index (χ1n) is 8.04. The van der Waals surface area contributed by atoms with Crippen molar-refractivity contribution in [2.75, 3.05) is 0 Å².